The van der Waals surface area contributed by atoms with Crippen molar-refractivity contribution < 1.29 is 4.42 Å². The summed E-state index contributed by atoms with van der Waals surface area (Å²) in [6.07, 6.45) is 3.92. The van der Waals surface area contributed by atoms with E-state index in [1.807, 2.05) is 19.1 Å². The zero-order chi connectivity index (χ0) is 10.5. The SMILES string of the molecule is Cc1ccc(NCCC2CCCNC2)o1. The van der Waals surface area contributed by atoms with Crippen LogP contribution in [-0.2, 0) is 0 Å². The van der Waals surface area contributed by atoms with E-state index in [-0.39, 0.29) is 0 Å². The van der Waals surface area contributed by atoms with E-state index < -0.39 is 0 Å². The van der Waals surface area contributed by atoms with E-state index in [0.29, 0.717) is 0 Å². The number of hydrogen-bond donors (Lipinski definition) is 2. The second kappa shape index (κ2) is 5.21. The lowest BCUT2D eigenvalue weighted by Crippen LogP contribution is -2.30. The standard InChI is InChI=1S/C12H20N2O/c1-10-4-5-12(15-10)14-8-6-11-3-2-7-13-9-11/h4-5,11,13-14H,2-3,6-9H2,1H3. The molecule has 0 bridgehead atoms. The lowest BCUT2D eigenvalue weighted by molar-refractivity contribution is 0.363. The number of aryl methyl sites for hydroxylation is 1. The molecule has 1 saturated heterocycles. The van der Waals surface area contributed by atoms with Gasteiger partial charge in [0.15, 0.2) is 5.88 Å². The van der Waals surface area contributed by atoms with E-state index in [1.54, 1.807) is 0 Å². The first-order chi connectivity index (χ1) is 7.34. The lowest BCUT2D eigenvalue weighted by atomic mass is 9.96. The lowest BCUT2D eigenvalue weighted by Gasteiger charge is -2.22. The van der Waals surface area contributed by atoms with Gasteiger partial charge in [-0.05, 0) is 51.3 Å². The third kappa shape index (κ3) is 3.27. The van der Waals surface area contributed by atoms with Crippen LogP contribution in [0.5, 0.6) is 0 Å². The van der Waals surface area contributed by atoms with Crippen molar-refractivity contribution in [1.82, 2.24) is 5.32 Å². The third-order valence-corrected chi connectivity index (χ3v) is 2.99. The highest BCUT2D eigenvalue weighted by atomic mass is 16.4. The molecular formula is C12H20N2O. The minimum Gasteiger partial charge on any atom is -0.446 e. The Morgan fingerprint density at radius 3 is 3.13 bits per heavy atom. The van der Waals surface area contributed by atoms with Crippen molar-refractivity contribution in [2.24, 2.45) is 5.92 Å². The van der Waals surface area contributed by atoms with Crippen LogP contribution in [0.2, 0.25) is 0 Å². The first-order valence-corrected chi connectivity index (χ1v) is 5.85. The molecule has 2 rings (SSSR count). The summed E-state index contributed by atoms with van der Waals surface area (Å²) in [6.45, 7) is 5.36. The molecule has 0 amide bonds. The second-order valence-corrected chi connectivity index (χ2v) is 4.34. The molecule has 1 unspecified atom stereocenters. The zero-order valence-corrected chi connectivity index (χ0v) is 9.38. The molecule has 3 nitrogen and oxygen atoms in total. The molecule has 1 fully saturated rings. The molecule has 3 heteroatoms. The highest BCUT2D eigenvalue weighted by molar-refractivity contribution is 5.31. The summed E-state index contributed by atoms with van der Waals surface area (Å²) in [5.74, 6) is 2.70. The monoisotopic (exact) mass is 208 g/mol. The average Bonchev–Trinajstić information content (AvgIpc) is 2.66. The van der Waals surface area contributed by atoms with Gasteiger partial charge in [-0.25, -0.2) is 0 Å². The smallest absolute Gasteiger partial charge is 0.193 e. The van der Waals surface area contributed by atoms with E-state index in [0.717, 1.165) is 24.1 Å². The maximum Gasteiger partial charge on any atom is 0.193 e. The molecule has 1 atom stereocenters. The molecule has 1 aromatic rings. The number of rotatable bonds is 4. The van der Waals surface area contributed by atoms with Crippen LogP contribution in [-0.4, -0.2) is 19.6 Å². The number of anilines is 1. The molecule has 84 valence electrons. The summed E-state index contributed by atoms with van der Waals surface area (Å²) in [6, 6.07) is 3.99. The highest BCUT2D eigenvalue weighted by Gasteiger charge is 2.12. The summed E-state index contributed by atoms with van der Waals surface area (Å²) in [4.78, 5) is 0. The van der Waals surface area contributed by atoms with E-state index in [4.69, 9.17) is 4.42 Å². The minimum atomic E-state index is 0.835. The van der Waals surface area contributed by atoms with E-state index in [1.165, 1.54) is 32.4 Å². The highest BCUT2D eigenvalue weighted by Crippen LogP contribution is 2.16. The Bertz CT molecular complexity index is 290. The summed E-state index contributed by atoms with van der Waals surface area (Å²) >= 11 is 0. The topological polar surface area (TPSA) is 37.2 Å². The van der Waals surface area contributed by atoms with Crippen molar-refractivity contribution in [2.75, 3.05) is 25.0 Å². The molecule has 0 saturated carbocycles. The molecule has 0 spiro atoms. The summed E-state index contributed by atoms with van der Waals surface area (Å²) in [5.41, 5.74) is 0. The maximum absolute atomic E-state index is 5.45. The molecule has 0 aliphatic carbocycles. The van der Waals surface area contributed by atoms with Gasteiger partial charge in [-0.15, -0.1) is 0 Å². The summed E-state index contributed by atoms with van der Waals surface area (Å²) in [5, 5.41) is 6.75. The van der Waals surface area contributed by atoms with Crippen LogP contribution in [0.4, 0.5) is 5.88 Å². The molecule has 1 aromatic heterocycles. The van der Waals surface area contributed by atoms with E-state index in [9.17, 15) is 0 Å². The van der Waals surface area contributed by atoms with Crippen LogP contribution in [0.3, 0.4) is 0 Å². The van der Waals surface area contributed by atoms with Gasteiger partial charge in [0.05, 0.1) is 0 Å². The van der Waals surface area contributed by atoms with Crippen molar-refractivity contribution in [3.8, 4) is 0 Å². The Hall–Kier alpha value is -0.960. The van der Waals surface area contributed by atoms with Gasteiger partial charge in [0.2, 0.25) is 0 Å². The first-order valence-electron chi connectivity index (χ1n) is 5.85. The van der Waals surface area contributed by atoms with Crippen LogP contribution in [0.25, 0.3) is 0 Å². The fourth-order valence-electron chi connectivity index (χ4n) is 2.10. The van der Waals surface area contributed by atoms with Crippen LogP contribution < -0.4 is 10.6 Å². The van der Waals surface area contributed by atoms with Crippen molar-refractivity contribution in [3.05, 3.63) is 17.9 Å². The van der Waals surface area contributed by atoms with Gasteiger partial charge in [0, 0.05) is 12.6 Å². The summed E-state index contributed by atoms with van der Waals surface area (Å²) < 4.78 is 5.45. The molecular weight excluding hydrogens is 188 g/mol. The van der Waals surface area contributed by atoms with Crippen LogP contribution in [0.15, 0.2) is 16.5 Å². The second-order valence-electron chi connectivity index (χ2n) is 4.34. The molecule has 0 radical (unpaired) electrons. The van der Waals surface area contributed by atoms with Gasteiger partial charge in [-0.2, -0.15) is 0 Å². The van der Waals surface area contributed by atoms with Gasteiger partial charge >= 0.3 is 0 Å². The van der Waals surface area contributed by atoms with Gasteiger partial charge in [-0.3, -0.25) is 0 Å². The van der Waals surface area contributed by atoms with E-state index >= 15 is 0 Å². The fourth-order valence-corrected chi connectivity index (χ4v) is 2.10. The van der Waals surface area contributed by atoms with Gasteiger partial charge in [-0.1, -0.05) is 0 Å². The molecule has 15 heavy (non-hydrogen) atoms. The Kier molecular flexibility index (Phi) is 3.67. The van der Waals surface area contributed by atoms with Crippen molar-refractivity contribution >= 4 is 5.88 Å². The number of hydrogen-bond acceptors (Lipinski definition) is 3. The number of nitrogens with one attached hydrogen (secondary N) is 2. The maximum atomic E-state index is 5.45. The van der Waals surface area contributed by atoms with Gasteiger partial charge < -0.3 is 15.1 Å². The molecule has 1 aliphatic rings. The number of piperidine rings is 1. The van der Waals surface area contributed by atoms with Crippen molar-refractivity contribution in [2.45, 2.75) is 26.2 Å². The predicted molar refractivity (Wildman–Crippen MR) is 62.1 cm³/mol. The molecule has 1 aliphatic heterocycles. The fraction of sp³-hybridized carbons (Fsp3) is 0.667. The molecule has 2 N–H and O–H groups in total. The summed E-state index contributed by atoms with van der Waals surface area (Å²) in [7, 11) is 0. The van der Waals surface area contributed by atoms with Gasteiger partial charge in [0.1, 0.15) is 5.76 Å². The van der Waals surface area contributed by atoms with Crippen molar-refractivity contribution in [3.63, 3.8) is 0 Å². The Morgan fingerprint density at radius 1 is 1.53 bits per heavy atom. The Morgan fingerprint density at radius 2 is 2.47 bits per heavy atom. The minimum absolute atomic E-state index is 0.835. The van der Waals surface area contributed by atoms with Crippen molar-refractivity contribution in [1.29, 1.82) is 0 Å². The predicted octanol–water partition coefficient (Wildman–Crippen LogP) is 2.39. The first kappa shape index (κ1) is 10.6. The largest absolute Gasteiger partial charge is 0.446 e. The third-order valence-electron chi connectivity index (χ3n) is 2.99. The Balaban J connectivity index is 1.65. The van der Waals surface area contributed by atoms with E-state index in [2.05, 4.69) is 10.6 Å². The quantitative estimate of drug-likeness (QED) is 0.797. The van der Waals surface area contributed by atoms with Crippen LogP contribution in [0, 0.1) is 12.8 Å². The molecule has 0 aromatic carbocycles. The average molecular weight is 208 g/mol. The normalized spacial score (nSPS) is 21.5. The Labute approximate surface area is 91.2 Å². The van der Waals surface area contributed by atoms with Crippen LogP contribution in [0.1, 0.15) is 25.0 Å². The van der Waals surface area contributed by atoms with Crippen LogP contribution >= 0.6 is 0 Å². The zero-order valence-electron chi connectivity index (χ0n) is 9.38. The number of furan rings is 1. The van der Waals surface area contributed by atoms with Gasteiger partial charge in [0.25, 0.3) is 0 Å². The molecule has 2 heterocycles.